The minimum absolute atomic E-state index is 0.147. The van der Waals surface area contributed by atoms with Crippen LogP contribution in [0.1, 0.15) is 5.56 Å². The first-order valence-electron chi connectivity index (χ1n) is 7.51. The van der Waals surface area contributed by atoms with Crippen LogP contribution >= 0.6 is 27.7 Å². The van der Waals surface area contributed by atoms with Crippen LogP contribution in [0.25, 0.3) is 6.08 Å². The Balaban J connectivity index is 1.53. The minimum atomic E-state index is -0.246. The molecule has 1 fully saturated rings. The van der Waals surface area contributed by atoms with Crippen LogP contribution in [-0.4, -0.2) is 24.3 Å². The average molecular weight is 419 g/mol. The molecule has 0 aliphatic carbocycles. The van der Waals surface area contributed by atoms with Crippen molar-refractivity contribution in [2.45, 2.75) is 0 Å². The second kappa shape index (κ2) is 8.22. The third kappa shape index (κ3) is 5.11. The first kappa shape index (κ1) is 17.6. The van der Waals surface area contributed by atoms with E-state index in [4.69, 9.17) is 14.9 Å². The van der Waals surface area contributed by atoms with Gasteiger partial charge in [0.05, 0.1) is 4.91 Å². The maximum atomic E-state index is 11.6. The van der Waals surface area contributed by atoms with Crippen molar-refractivity contribution in [3.63, 3.8) is 0 Å². The third-order valence-electron chi connectivity index (χ3n) is 3.25. The fourth-order valence-electron chi connectivity index (χ4n) is 2.14. The van der Waals surface area contributed by atoms with E-state index >= 15 is 0 Å². The number of benzene rings is 2. The molecule has 5 nitrogen and oxygen atoms in total. The van der Waals surface area contributed by atoms with Gasteiger partial charge in [0.15, 0.2) is 5.17 Å². The van der Waals surface area contributed by atoms with Crippen molar-refractivity contribution in [2.75, 3.05) is 13.2 Å². The second-order valence-corrected chi connectivity index (χ2v) is 7.09. The monoisotopic (exact) mass is 418 g/mol. The molecule has 7 heteroatoms. The van der Waals surface area contributed by atoms with E-state index in [1.807, 2.05) is 48.5 Å². The molecule has 1 saturated heterocycles. The van der Waals surface area contributed by atoms with Crippen LogP contribution in [0.2, 0.25) is 0 Å². The number of carbonyl (C=O) groups excluding carboxylic acids is 1. The number of ether oxygens (including phenoxy) is 2. The third-order valence-corrected chi connectivity index (χ3v) is 4.61. The number of amidine groups is 1. The Bertz CT molecular complexity index is 821. The van der Waals surface area contributed by atoms with Crippen LogP contribution in [0.3, 0.4) is 0 Å². The molecule has 0 atom stereocenters. The topological polar surface area (TPSA) is 71.4 Å². The van der Waals surface area contributed by atoms with Crippen molar-refractivity contribution < 1.29 is 14.3 Å². The molecule has 0 unspecified atom stereocenters. The van der Waals surface area contributed by atoms with Gasteiger partial charge in [-0.3, -0.25) is 10.2 Å². The van der Waals surface area contributed by atoms with E-state index in [1.165, 1.54) is 0 Å². The van der Waals surface area contributed by atoms with Crippen molar-refractivity contribution in [1.82, 2.24) is 5.32 Å². The molecule has 1 heterocycles. The lowest BCUT2D eigenvalue weighted by Crippen LogP contribution is -2.18. The van der Waals surface area contributed by atoms with Gasteiger partial charge in [0.25, 0.3) is 5.91 Å². The summed E-state index contributed by atoms with van der Waals surface area (Å²) in [6, 6.07) is 15.1. The van der Waals surface area contributed by atoms with Crippen molar-refractivity contribution in [3.05, 3.63) is 63.5 Å². The molecular formula is C18H15BrN2O3S. The van der Waals surface area contributed by atoms with E-state index < -0.39 is 0 Å². The lowest BCUT2D eigenvalue weighted by atomic mass is 10.2. The normalized spacial score (nSPS) is 15.3. The number of thioether (sulfide) groups is 1. The highest BCUT2D eigenvalue weighted by atomic mass is 79.9. The molecule has 1 aliphatic heterocycles. The second-order valence-electron chi connectivity index (χ2n) is 5.12. The van der Waals surface area contributed by atoms with Crippen LogP contribution in [0.15, 0.2) is 57.9 Å². The van der Waals surface area contributed by atoms with E-state index in [0.29, 0.717) is 23.9 Å². The number of rotatable bonds is 6. The minimum Gasteiger partial charge on any atom is -0.490 e. The number of nitrogens with one attached hydrogen (secondary N) is 2. The summed E-state index contributed by atoms with van der Waals surface area (Å²) >= 11 is 4.49. The van der Waals surface area contributed by atoms with Crippen LogP contribution in [-0.2, 0) is 4.79 Å². The summed E-state index contributed by atoms with van der Waals surface area (Å²) in [4.78, 5) is 12.1. The first-order valence-corrected chi connectivity index (χ1v) is 9.12. The molecule has 2 aromatic rings. The molecular weight excluding hydrogens is 404 g/mol. The first-order chi connectivity index (χ1) is 12.1. The van der Waals surface area contributed by atoms with Gasteiger partial charge in [-0.1, -0.05) is 28.1 Å². The quantitative estimate of drug-likeness (QED) is 0.548. The molecule has 0 bridgehead atoms. The maximum absolute atomic E-state index is 11.6. The molecule has 128 valence electrons. The largest absolute Gasteiger partial charge is 0.490 e. The van der Waals surface area contributed by atoms with E-state index in [2.05, 4.69) is 21.2 Å². The molecule has 0 aromatic heterocycles. The van der Waals surface area contributed by atoms with E-state index in [9.17, 15) is 4.79 Å². The van der Waals surface area contributed by atoms with Crippen molar-refractivity contribution in [2.24, 2.45) is 0 Å². The summed E-state index contributed by atoms with van der Waals surface area (Å²) in [6.07, 6.45) is 1.74. The number of halogens is 1. The summed E-state index contributed by atoms with van der Waals surface area (Å²) in [7, 11) is 0. The Labute approximate surface area is 158 Å². The van der Waals surface area contributed by atoms with E-state index in [0.717, 1.165) is 27.5 Å². The summed E-state index contributed by atoms with van der Waals surface area (Å²) < 4.78 is 12.3. The van der Waals surface area contributed by atoms with Gasteiger partial charge in [-0.2, -0.15) is 0 Å². The number of hydrogen-bond donors (Lipinski definition) is 2. The zero-order valence-corrected chi connectivity index (χ0v) is 15.5. The Kier molecular flexibility index (Phi) is 5.78. The zero-order chi connectivity index (χ0) is 17.6. The van der Waals surface area contributed by atoms with Gasteiger partial charge in [0, 0.05) is 4.47 Å². The molecule has 1 aliphatic rings. The Morgan fingerprint density at radius 1 is 1.08 bits per heavy atom. The smallest absolute Gasteiger partial charge is 0.264 e. The van der Waals surface area contributed by atoms with E-state index in [-0.39, 0.29) is 11.1 Å². The lowest BCUT2D eigenvalue weighted by Gasteiger charge is -2.09. The van der Waals surface area contributed by atoms with Crippen molar-refractivity contribution in [3.8, 4) is 11.5 Å². The van der Waals surface area contributed by atoms with Gasteiger partial charge in [0.1, 0.15) is 24.7 Å². The lowest BCUT2D eigenvalue weighted by molar-refractivity contribution is -0.115. The van der Waals surface area contributed by atoms with Gasteiger partial charge < -0.3 is 14.8 Å². The van der Waals surface area contributed by atoms with Crippen LogP contribution < -0.4 is 14.8 Å². The molecule has 2 N–H and O–H groups in total. The van der Waals surface area contributed by atoms with Crippen LogP contribution in [0.5, 0.6) is 11.5 Å². The Morgan fingerprint density at radius 2 is 1.80 bits per heavy atom. The molecule has 2 aromatic carbocycles. The highest BCUT2D eigenvalue weighted by molar-refractivity contribution is 9.10. The van der Waals surface area contributed by atoms with Crippen molar-refractivity contribution in [1.29, 1.82) is 5.41 Å². The molecule has 25 heavy (non-hydrogen) atoms. The molecule has 0 saturated carbocycles. The Morgan fingerprint density at radius 3 is 2.48 bits per heavy atom. The Hall–Kier alpha value is -2.25. The van der Waals surface area contributed by atoms with Gasteiger partial charge >= 0.3 is 0 Å². The SMILES string of the molecule is N=C1NC(=O)C(=Cc2cccc(OCCOc3ccc(Br)cc3)c2)S1. The van der Waals surface area contributed by atoms with E-state index in [1.54, 1.807) is 6.08 Å². The molecule has 0 spiro atoms. The number of hydrogen-bond acceptors (Lipinski definition) is 5. The molecule has 0 radical (unpaired) electrons. The van der Waals surface area contributed by atoms with Gasteiger partial charge in [-0.05, 0) is 59.8 Å². The van der Waals surface area contributed by atoms with Gasteiger partial charge in [-0.25, -0.2) is 0 Å². The van der Waals surface area contributed by atoms with Gasteiger partial charge in [0.2, 0.25) is 0 Å². The predicted molar refractivity (Wildman–Crippen MR) is 103 cm³/mol. The summed E-state index contributed by atoms with van der Waals surface area (Å²) in [5, 5.41) is 10.1. The van der Waals surface area contributed by atoms with Crippen molar-refractivity contribution >= 4 is 44.8 Å². The van der Waals surface area contributed by atoms with Gasteiger partial charge in [-0.15, -0.1) is 0 Å². The molecule has 1 amide bonds. The molecule has 3 rings (SSSR count). The highest BCUT2D eigenvalue weighted by Gasteiger charge is 2.22. The fourth-order valence-corrected chi connectivity index (χ4v) is 3.10. The maximum Gasteiger partial charge on any atom is 0.264 e. The van der Waals surface area contributed by atoms with Crippen LogP contribution in [0.4, 0.5) is 0 Å². The number of carbonyl (C=O) groups is 1. The number of amides is 1. The summed E-state index contributed by atoms with van der Waals surface area (Å²) in [6.45, 7) is 0.846. The summed E-state index contributed by atoms with van der Waals surface area (Å²) in [5.41, 5.74) is 0.846. The average Bonchev–Trinajstić information content (AvgIpc) is 2.91. The standard InChI is InChI=1S/C18H15BrN2O3S/c19-13-4-6-14(7-5-13)23-8-9-24-15-3-1-2-12(10-15)11-16-17(22)21-18(20)25-16/h1-7,10-11H,8-9H2,(H2,20,21,22). The highest BCUT2D eigenvalue weighted by Crippen LogP contribution is 2.26. The van der Waals surface area contributed by atoms with Crippen LogP contribution in [0, 0.1) is 5.41 Å². The zero-order valence-electron chi connectivity index (χ0n) is 13.1. The summed E-state index contributed by atoms with van der Waals surface area (Å²) in [5.74, 6) is 1.24. The predicted octanol–water partition coefficient (Wildman–Crippen LogP) is 4.05. The fraction of sp³-hybridized carbons (Fsp3) is 0.111.